The molecule has 7 heteroatoms. The van der Waals surface area contributed by atoms with Crippen LogP contribution in [0.3, 0.4) is 0 Å². The van der Waals surface area contributed by atoms with E-state index in [4.69, 9.17) is 4.74 Å². The maximum absolute atomic E-state index is 12.3. The minimum Gasteiger partial charge on any atom is -0.497 e. The number of ether oxygens (including phenoxy) is 1. The molecule has 0 aliphatic carbocycles. The molecule has 144 valence electrons. The number of aromatic nitrogens is 1. The molecule has 0 aliphatic heterocycles. The summed E-state index contributed by atoms with van der Waals surface area (Å²) in [6.07, 6.45) is 2.18. The summed E-state index contributed by atoms with van der Waals surface area (Å²) in [5.41, 5.74) is 1.75. The third kappa shape index (κ3) is 6.71. The fraction of sp³-hybridized carbons (Fsp3) is 0.350. The number of carbonyl (C=O) groups excluding carboxylic acids is 2. The average molecular weight is 370 g/mol. The van der Waals surface area contributed by atoms with Gasteiger partial charge in [-0.15, -0.1) is 0 Å². The molecule has 27 heavy (non-hydrogen) atoms. The Morgan fingerprint density at radius 3 is 2.41 bits per heavy atom. The topological polar surface area (TPSA) is 83.6 Å². The summed E-state index contributed by atoms with van der Waals surface area (Å²) in [6.45, 7) is 1.75. The zero-order valence-electron chi connectivity index (χ0n) is 16.0. The first-order valence-electron chi connectivity index (χ1n) is 8.79. The smallest absolute Gasteiger partial charge is 0.269 e. The lowest BCUT2D eigenvalue weighted by Crippen LogP contribution is -2.32. The summed E-state index contributed by atoms with van der Waals surface area (Å²) in [5, 5.41) is 5.65. The summed E-state index contributed by atoms with van der Waals surface area (Å²) < 4.78 is 5.13. The van der Waals surface area contributed by atoms with Crippen LogP contribution in [0.2, 0.25) is 0 Å². The van der Waals surface area contributed by atoms with Gasteiger partial charge in [0.05, 0.1) is 7.11 Å². The third-order valence-corrected chi connectivity index (χ3v) is 3.96. The van der Waals surface area contributed by atoms with E-state index < -0.39 is 0 Å². The Kier molecular flexibility index (Phi) is 7.76. The second kappa shape index (κ2) is 10.3. The average Bonchev–Trinajstić information content (AvgIpc) is 2.68. The molecule has 0 fully saturated rings. The van der Waals surface area contributed by atoms with Crippen LogP contribution in [0.15, 0.2) is 42.6 Å². The van der Waals surface area contributed by atoms with E-state index in [0.29, 0.717) is 25.1 Å². The normalized spacial score (nSPS) is 10.5. The molecule has 1 aromatic heterocycles. The van der Waals surface area contributed by atoms with E-state index in [0.717, 1.165) is 17.9 Å². The molecule has 1 heterocycles. The van der Waals surface area contributed by atoms with Crippen molar-refractivity contribution in [2.45, 2.75) is 6.42 Å². The molecular weight excluding hydrogens is 344 g/mol. The monoisotopic (exact) mass is 370 g/mol. The Balaban J connectivity index is 1.85. The molecule has 1 aromatic carbocycles. The molecule has 2 aromatic rings. The van der Waals surface area contributed by atoms with Gasteiger partial charge in [-0.05, 0) is 50.3 Å². The van der Waals surface area contributed by atoms with Crippen LogP contribution in [-0.4, -0.2) is 62.5 Å². The van der Waals surface area contributed by atoms with Gasteiger partial charge in [0.2, 0.25) is 0 Å². The molecule has 0 saturated carbocycles. The first-order valence-corrected chi connectivity index (χ1v) is 8.79. The summed E-state index contributed by atoms with van der Waals surface area (Å²) in [7, 11) is 5.49. The number of hydrogen-bond acceptors (Lipinski definition) is 5. The van der Waals surface area contributed by atoms with Gasteiger partial charge in [0.25, 0.3) is 11.8 Å². The third-order valence-electron chi connectivity index (χ3n) is 3.96. The van der Waals surface area contributed by atoms with E-state index >= 15 is 0 Å². The van der Waals surface area contributed by atoms with Crippen molar-refractivity contribution in [2.24, 2.45) is 0 Å². The Morgan fingerprint density at radius 1 is 1.04 bits per heavy atom. The van der Waals surface area contributed by atoms with E-state index in [1.807, 2.05) is 43.3 Å². The molecule has 2 rings (SSSR count). The van der Waals surface area contributed by atoms with Crippen LogP contribution < -0.4 is 15.4 Å². The van der Waals surface area contributed by atoms with Crippen molar-refractivity contribution >= 4 is 11.8 Å². The van der Waals surface area contributed by atoms with Crippen molar-refractivity contribution in [1.82, 2.24) is 20.5 Å². The lowest BCUT2D eigenvalue weighted by molar-refractivity contribution is 0.0946. The maximum Gasteiger partial charge on any atom is 0.269 e. The highest BCUT2D eigenvalue weighted by molar-refractivity contribution is 5.98. The van der Waals surface area contributed by atoms with Gasteiger partial charge in [-0.2, -0.15) is 0 Å². The number of benzene rings is 1. The molecule has 7 nitrogen and oxygen atoms in total. The number of methoxy groups -OCH3 is 1. The van der Waals surface area contributed by atoms with Crippen molar-refractivity contribution in [3.8, 4) is 5.75 Å². The van der Waals surface area contributed by atoms with Gasteiger partial charge in [0, 0.05) is 31.4 Å². The number of rotatable bonds is 9. The number of pyridine rings is 1. The van der Waals surface area contributed by atoms with E-state index in [2.05, 4.69) is 15.6 Å². The van der Waals surface area contributed by atoms with E-state index in [1.54, 1.807) is 13.2 Å². The second-order valence-electron chi connectivity index (χ2n) is 6.34. The molecule has 0 unspecified atom stereocenters. The summed E-state index contributed by atoms with van der Waals surface area (Å²) in [4.78, 5) is 30.5. The standard InChI is InChI=1S/C20H26N4O3/c1-24(2)13-12-23-20(26)18-14-16(9-11-21-18)19(25)22-10-8-15-4-6-17(27-3)7-5-15/h4-7,9,11,14H,8,10,12-13H2,1-3H3,(H,22,25)(H,23,26). The zero-order chi connectivity index (χ0) is 19.6. The lowest BCUT2D eigenvalue weighted by atomic mass is 10.1. The SMILES string of the molecule is COc1ccc(CCNC(=O)c2ccnc(C(=O)NCCN(C)C)c2)cc1. The summed E-state index contributed by atoms with van der Waals surface area (Å²) in [5.74, 6) is 0.286. The quantitative estimate of drug-likeness (QED) is 0.696. The molecule has 2 amide bonds. The van der Waals surface area contributed by atoms with Gasteiger partial charge >= 0.3 is 0 Å². The van der Waals surface area contributed by atoms with E-state index in [9.17, 15) is 9.59 Å². The second-order valence-corrected chi connectivity index (χ2v) is 6.34. The van der Waals surface area contributed by atoms with Crippen molar-refractivity contribution < 1.29 is 14.3 Å². The number of likely N-dealkylation sites (N-methyl/N-ethyl adjacent to an activating group) is 1. The van der Waals surface area contributed by atoms with Crippen LogP contribution in [0.5, 0.6) is 5.75 Å². The predicted octanol–water partition coefficient (Wildman–Crippen LogP) is 1.35. The molecule has 0 bridgehead atoms. The summed E-state index contributed by atoms with van der Waals surface area (Å²) in [6, 6.07) is 10.8. The van der Waals surface area contributed by atoms with Crippen LogP contribution in [0.4, 0.5) is 0 Å². The number of amides is 2. The fourth-order valence-corrected chi connectivity index (χ4v) is 2.39. The summed E-state index contributed by atoms with van der Waals surface area (Å²) >= 11 is 0. The molecule has 0 saturated heterocycles. The van der Waals surface area contributed by atoms with Crippen LogP contribution in [0, 0.1) is 0 Å². The molecule has 0 aliphatic rings. The number of nitrogens with one attached hydrogen (secondary N) is 2. The zero-order valence-corrected chi connectivity index (χ0v) is 16.0. The van der Waals surface area contributed by atoms with Gasteiger partial charge in [-0.25, -0.2) is 0 Å². The van der Waals surface area contributed by atoms with Gasteiger partial charge in [-0.3, -0.25) is 14.6 Å². The van der Waals surface area contributed by atoms with Crippen molar-refractivity contribution in [1.29, 1.82) is 0 Å². The van der Waals surface area contributed by atoms with Crippen LogP contribution in [0.1, 0.15) is 26.4 Å². The highest BCUT2D eigenvalue weighted by atomic mass is 16.5. The molecule has 0 radical (unpaired) electrons. The predicted molar refractivity (Wildman–Crippen MR) is 104 cm³/mol. The highest BCUT2D eigenvalue weighted by Gasteiger charge is 2.11. The van der Waals surface area contributed by atoms with Crippen LogP contribution in [0.25, 0.3) is 0 Å². The number of carbonyl (C=O) groups is 2. The minimum absolute atomic E-state index is 0.228. The van der Waals surface area contributed by atoms with E-state index in [-0.39, 0.29) is 17.5 Å². The Morgan fingerprint density at radius 2 is 1.74 bits per heavy atom. The lowest BCUT2D eigenvalue weighted by Gasteiger charge is -2.10. The largest absolute Gasteiger partial charge is 0.497 e. The molecule has 0 spiro atoms. The van der Waals surface area contributed by atoms with Gasteiger partial charge in [0.15, 0.2) is 0 Å². The van der Waals surface area contributed by atoms with Gasteiger partial charge in [-0.1, -0.05) is 12.1 Å². The Bertz CT molecular complexity index is 760. The Hall–Kier alpha value is -2.93. The molecule has 0 atom stereocenters. The van der Waals surface area contributed by atoms with E-state index in [1.165, 1.54) is 12.3 Å². The highest BCUT2D eigenvalue weighted by Crippen LogP contribution is 2.11. The van der Waals surface area contributed by atoms with Crippen molar-refractivity contribution in [3.05, 3.63) is 59.4 Å². The minimum atomic E-state index is -0.287. The first kappa shape index (κ1) is 20.4. The molecule has 2 N–H and O–H groups in total. The first-order chi connectivity index (χ1) is 13.0. The Labute approximate surface area is 159 Å². The van der Waals surface area contributed by atoms with Crippen molar-refractivity contribution in [2.75, 3.05) is 40.8 Å². The van der Waals surface area contributed by atoms with Crippen LogP contribution in [-0.2, 0) is 6.42 Å². The number of nitrogens with zero attached hydrogens (tertiary/aromatic N) is 2. The van der Waals surface area contributed by atoms with Gasteiger partial charge < -0.3 is 20.3 Å². The van der Waals surface area contributed by atoms with Gasteiger partial charge in [0.1, 0.15) is 11.4 Å². The fourth-order valence-electron chi connectivity index (χ4n) is 2.39. The van der Waals surface area contributed by atoms with Crippen molar-refractivity contribution in [3.63, 3.8) is 0 Å². The number of hydrogen-bond donors (Lipinski definition) is 2. The van der Waals surface area contributed by atoms with Crippen LogP contribution >= 0.6 is 0 Å². The molecular formula is C20H26N4O3. The maximum atomic E-state index is 12.3.